The molecule has 4 nitrogen and oxygen atoms in total. The highest BCUT2D eigenvalue weighted by atomic mass is 32.1. The molecule has 0 fully saturated rings. The molecule has 0 aliphatic rings. The van der Waals surface area contributed by atoms with Gasteiger partial charge in [0.05, 0.1) is 22.1 Å². The number of fused-ring (bicyclic) bond motifs is 10. The zero-order chi connectivity index (χ0) is 29.5. The Morgan fingerprint density at radius 2 is 1.27 bits per heavy atom. The van der Waals surface area contributed by atoms with E-state index in [0.29, 0.717) is 11.5 Å². The predicted octanol–water partition coefficient (Wildman–Crippen LogP) is 11.2. The third-order valence-electron chi connectivity index (χ3n) is 8.84. The van der Waals surface area contributed by atoms with Gasteiger partial charge in [0, 0.05) is 53.1 Å². The van der Waals surface area contributed by atoms with E-state index in [0.717, 1.165) is 60.7 Å². The van der Waals surface area contributed by atoms with Crippen molar-refractivity contribution in [1.82, 2.24) is 14.5 Å². The van der Waals surface area contributed by atoms with Crippen LogP contribution < -0.4 is 0 Å². The van der Waals surface area contributed by atoms with Crippen LogP contribution in [-0.4, -0.2) is 14.5 Å². The van der Waals surface area contributed by atoms with E-state index in [-0.39, 0.29) is 0 Å². The topological polar surface area (TPSA) is 43.9 Å². The highest BCUT2D eigenvalue weighted by Gasteiger charge is 2.23. The monoisotopic (exact) mass is 593 g/mol. The van der Waals surface area contributed by atoms with Crippen molar-refractivity contribution in [2.24, 2.45) is 0 Å². The number of rotatable bonds is 3. The summed E-state index contributed by atoms with van der Waals surface area (Å²) in [4.78, 5) is 10.6. The van der Waals surface area contributed by atoms with Gasteiger partial charge < -0.3 is 8.98 Å². The Hall–Kier alpha value is -5.78. The van der Waals surface area contributed by atoms with Gasteiger partial charge in [-0.1, -0.05) is 97.1 Å². The molecule has 0 N–H and O–H groups in total. The Kier molecular flexibility index (Phi) is 5.12. The second-order valence-corrected chi connectivity index (χ2v) is 12.4. The van der Waals surface area contributed by atoms with Gasteiger partial charge in [-0.3, -0.25) is 0 Å². The fourth-order valence-electron chi connectivity index (χ4n) is 6.91. The Morgan fingerprint density at radius 1 is 0.533 bits per heavy atom. The minimum absolute atomic E-state index is 0.594. The van der Waals surface area contributed by atoms with Crippen molar-refractivity contribution in [2.45, 2.75) is 0 Å². The first-order valence-electron chi connectivity index (χ1n) is 15.0. The van der Waals surface area contributed by atoms with E-state index in [9.17, 15) is 0 Å². The second-order valence-electron chi connectivity index (χ2n) is 11.3. The molecule has 210 valence electrons. The molecule has 0 atom stereocenters. The van der Waals surface area contributed by atoms with E-state index in [1.807, 2.05) is 6.07 Å². The first-order chi connectivity index (χ1) is 22.3. The van der Waals surface area contributed by atoms with E-state index in [1.54, 1.807) is 11.3 Å². The summed E-state index contributed by atoms with van der Waals surface area (Å²) in [5.41, 5.74) is 7.62. The first kappa shape index (κ1) is 24.6. The lowest BCUT2D eigenvalue weighted by molar-refractivity contribution is 0.657. The van der Waals surface area contributed by atoms with Crippen LogP contribution in [-0.2, 0) is 0 Å². The quantitative estimate of drug-likeness (QED) is 0.205. The van der Waals surface area contributed by atoms with Crippen molar-refractivity contribution < 1.29 is 4.42 Å². The van der Waals surface area contributed by atoms with Crippen molar-refractivity contribution in [2.75, 3.05) is 0 Å². The van der Waals surface area contributed by atoms with E-state index in [2.05, 4.69) is 138 Å². The van der Waals surface area contributed by atoms with Crippen LogP contribution in [0.3, 0.4) is 0 Å². The fourth-order valence-corrected chi connectivity index (χ4v) is 8.02. The van der Waals surface area contributed by atoms with Crippen LogP contribution in [0.15, 0.2) is 144 Å². The molecule has 0 saturated carbocycles. The molecule has 0 unspecified atom stereocenters. The molecule has 0 aliphatic heterocycles. The van der Waals surface area contributed by atoms with Crippen LogP contribution in [0.2, 0.25) is 0 Å². The average molecular weight is 594 g/mol. The summed E-state index contributed by atoms with van der Waals surface area (Å²) in [6.45, 7) is 0. The van der Waals surface area contributed by atoms with E-state index in [4.69, 9.17) is 14.4 Å². The van der Waals surface area contributed by atoms with Gasteiger partial charge in [0.2, 0.25) is 5.71 Å². The summed E-state index contributed by atoms with van der Waals surface area (Å²) >= 11 is 1.79. The van der Waals surface area contributed by atoms with Crippen LogP contribution in [0.5, 0.6) is 0 Å². The third kappa shape index (κ3) is 3.53. The molecule has 10 aromatic rings. The smallest absolute Gasteiger partial charge is 0.231 e. The number of thiophene rings is 1. The van der Waals surface area contributed by atoms with Gasteiger partial charge in [-0.05, 0) is 42.5 Å². The molecule has 45 heavy (non-hydrogen) atoms. The molecule has 5 heteroatoms. The van der Waals surface area contributed by atoms with Crippen LogP contribution in [0.4, 0.5) is 0 Å². The minimum atomic E-state index is 0.594. The maximum absolute atomic E-state index is 6.79. The zero-order valence-corrected chi connectivity index (χ0v) is 24.8. The largest absolute Gasteiger partial charge is 0.437 e. The molecule has 0 aliphatic carbocycles. The van der Waals surface area contributed by atoms with Crippen LogP contribution >= 0.6 is 11.3 Å². The Balaban J connectivity index is 1.35. The van der Waals surface area contributed by atoms with Gasteiger partial charge in [-0.2, -0.15) is 4.98 Å². The summed E-state index contributed by atoms with van der Waals surface area (Å²) in [6, 6.07) is 48.8. The Labute approximate surface area is 261 Å². The number of para-hydroxylation sites is 3. The average Bonchev–Trinajstić information content (AvgIpc) is 3.78. The fraction of sp³-hybridized carbons (Fsp3) is 0. The maximum Gasteiger partial charge on any atom is 0.231 e. The molecule has 6 aromatic carbocycles. The number of benzene rings is 6. The lowest BCUT2D eigenvalue weighted by Crippen LogP contribution is -1.98. The summed E-state index contributed by atoms with van der Waals surface area (Å²) in [7, 11) is 0. The van der Waals surface area contributed by atoms with E-state index in [1.165, 1.54) is 20.2 Å². The third-order valence-corrected chi connectivity index (χ3v) is 9.97. The van der Waals surface area contributed by atoms with Crippen LogP contribution in [0, 0.1) is 0 Å². The Bertz CT molecular complexity index is 2760. The van der Waals surface area contributed by atoms with Gasteiger partial charge in [-0.15, -0.1) is 11.3 Å². The number of furan rings is 1. The molecule has 0 bridgehead atoms. The van der Waals surface area contributed by atoms with Gasteiger partial charge in [0.25, 0.3) is 0 Å². The summed E-state index contributed by atoms with van der Waals surface area (Å²) in [6.07, 6.45) is 0. The van der Waals surface area contributed by atoms with Crippen molar-refractivity contribution in [1.29, 1.82) is 0 Å². The molecular formula is C40H23N3OS. The normalized spacial score (nSPS) is 12.0. The summed E-state index contributed by atoms with van der Waals surface area (Å²) in [5, 5.41) is 6.66. The highest BCUT2D eigenvalue weighted by molar-refractivity contribution is 7.26. The maximum atomic E-state index is 6.79. The van der Waals surface area contributed by atoms with Crippen molar-refractivity contribution >= 4 is 75.4 Å². The van der Waals surface area contributed by atoms with Crippen molar-refractivity contribution in [3.63, 3.8) is 0 Å². The van der Waals surface area contributed by atoms with Crippen LogP contribution in [0.1, 0.15) is 0 Å². The number of hydrogen-bond acceptors (Lipinski definition) is 4. The summed E-state index contributed by atoms with van der Waals surface area (Å²) in [5.74, 6) is 0.636. The van der Waals surface area contributed by atoms with Gasteiger partial charge in [0.15, 0.2) is 5.82 Å². The van der Waals surface area contributed by atoms with Crippen LogP contribution in [0.25, 0.3) is 92.4 Å². The van der Waals surface area contributed by atoms with Crippen molar-refractivity contribution in [3.05, 3.63) is 140 Å². The molecule has 4 aromatic heterocycles. The molecule has 0 amide bonds. The molecular weight excluding hydrogens is 571 g/mol. The summed E-state index contributed by atoms with van der Waals surface area (Å²) < 4.78 is 11.6. The Morgan fingerprint density at radius 3 is 2.13 bits per heavy atom. The van der Waals surface area contributed by atoms with Gasteiger partial charge in [0.1, 0.15) is 5.58 Å². The van der Waals surface area contributed by atoms with E-state index < -0.39 is 0 Å². The van der Waals surface area contributed by atoms with Crippen molar-refractivity contribution in [3.8, 4) is 28.3 Å². The zero-order valence-electron chi connectivity index (χ0n) is 23.9. The van der Waals surface area contributed by atoms with E-state index >= 15 is 0 Å². The molecule has 0 spiro atoms. The SMILES string of the molecule is c1ccc(-c2nc(-c3cccc4c5ccccc5n(-c5ccccc5)c34)nc3oc4c(ccc5sc6ccccc6c54)c23)cc1. The molecule has 10 rings (SSSR count). The minimum Gasteiger partial charge on any atom is -0.437 e. The highest BCUT2D eigenvalue weighted by Crippen LogP contribution is 2.44. The number of nitrogens with zero attached hydrogens (tertiary/aromatic N) is 3. The van der Waals surface area contributed by atoms with Gasteiger partial charge >= 0.3 is 0 Å². The standard InChI is InChI=1S/C40H23N3OS/c1-3-12-24(13-4-1)36-35-29-22-23-33-34(28-17-8-10-21-32(28)45-33)38(29)44-40(35)42-39(41-36)30-19-11-18-27-26-16-7-9-20-31(26)43(37(27)30)25-14-5-2-6-15-25/h1-23H. The molecule has 0 radical (unpaired) electrons. The van der Waals surface area contributed by atoms with Gasteiger partial charge in [-0.25, -0.2) is 4.98 Å². The first-order valence-corrected chi connectivity index (χ1v) is 15.8. The second kappa shape index (κ2) is 9.36. The molecule has 0 saturated heterocycles. The lowest BCUT2D eigenvalue weighted by atomic mass is 10.0. The number of hydrogen-bond donors (Lipinski definition) is 0. The number of aromatic nitrogens is 3. The predicted molar refractivity (Wildman–Crippen MR) is 187 cm³/mol. The lowest BCUT2D eigenvalue weighted by Gasteiger charge is -2.12. The molecule has 4 heterocycles.